The lowest BCUT2D eigenvalue weighted by Crippen LogP contribution is -1.94. The first-order valence-corrected chi connectivity index (χ1v) is 4.58. The Labute approximate surface area is 92.9 Å². The van der Waals surface area contributed by atoms with E-state index >= 15 is 0 Å². The van der Waals surface area contributed by atoms with Crippen molar-refractivity contribution in [3.05, 3.63) is 60.2 Å². The van der Waals surface area contributed by atoms with Gasteiger partial charge in [-0.25, -0.2) is 0 Å². The summed E-state index contributed by atoms with van der Waals surface area (Å²) in [4.78, 5) is 0. The average molecular weight is 206 g/mol. The molecule has 0 aliphatic carbocycles. The summed E-state index contributed by atoms with van der Waals surface area (Å²) in [5.41, 5.74) is 4.12. The van der Waals surface area contributed by atoms with E-state index in [4.69, 9.17) is 0 Å². The quantitative estimate of drug-likeness (QED) is 0.736. The van der Waals surface area contributed by atoms with Crippen molar-refractivity contribution in [1.29, 1.82) is 0 Å². The first kappa shape index (κ1) is 16.1. The highest BCUT2D eigenvalue weighted by Crippen LogP contribution is 2.16. The van der Waals surface area contributed by atoms with Crippen LogP contribution >= 0.6 is 0 Å². The average Bonchev–Trinajstić information content (AvgIpc) is 2.11. The van der Waals surface area contributed by atoms with Crippen molar-refractivity contribution >= 4 is 0 Å². The number of allylic oxidation sites excluding steroid dienone is 2. The predicted molar refractivity (Wildman–Crippen MR) is 69.0 cm³/mol. The normalized spacial score (nSPS) is 8.33. The molecule has 0 radical (unpaired) electrons. The zero-order valence-electron chi connectivity index (χ0n) is 9.63. The molecular weight excluding hydrogens is 184 g/mol. The standard InChI is InChI=1S/C13H16.2H3N/c1-4-7-12-10-6-9-11(3)13(12)8-5-2;;/h4-6,9-10H,1-2,7-8H2,3H3;2*1H3. The van der Waals surface area contributed by atoms with Crippen molar-refractivity contribution in [3.63, 3.8) is 0 Å². The summed E-state index contributed by atoms with van der Waals surface area (Å²) in [5.74, 6) is 0. The zero-order chi connectivity index (χ0) is 9.68. The summed E-state index contributed by atoms with van der Waals surface area (Å²) >= 11 is 0. The largest absolute Gasteiger partial charge is 0.344 e. The fraction of sp³-hybridized carbons (Fsp3) is 0.231. The van der Waals surface area contributed by atoms with Crippen LogP contribution < -0.4 is 12.3 Å². The van der Waals surface area contributed by atoms with Gasteiger partial charge in [0, 0.05) is 0 Å². The molecule has 2 heteroatoms. The van der Waals surface area contributed by atoms with Crippen LogP contribution in [0.5, 0.6) is 0 Å². The van der Waals surface area contributed by atoms with Crippen molar-refractivity contribution in [1.82, 2.24) is 12.3 Å². The molecule has 0 heterocycles. The molecule has 0 aliphatic heterocycles. The third-order valence-electron chi connectivity index (χ3n) is 2.22. The second-order valence-corrected chi connectivity index (χ2v) is 3.20. The van der Waals surface area contributed by atoms with Crippen LogP contribution in [-0.4, -0.2) is 0 Å². The number of rotatable bonds is 4. The summed E-state index contributed by atoms with van der Waals surface area (Å²) in [6.45, 7) is 9.68. The second kappa shape index (κ2) is 7.97. The van der Waals surface area contributed by atoms with Crippen LogP contribution in [0.1, 0.15) is 16.7 Å². The monoisotopic (exact) mass is 206 g/mol. The van der Waals surface area contributed by atoms with E-state index < -0.39 is 0 Å². The van der Waals surface area contributed by atoms with Crippen LogP contribution in [0.4, 0.5) is 0 Å². The molecule has 1 aromatic rings. The van der Waals surface area contributed by atoms with Crippen LogP contribution in [0, 0.1) is 6.92 Å². The number of hydrogen-bond donors (Lipinski definition) is 2. The highest BCUT2D eigenvalue weighted by Gasteiger charge is 2.01. The summed E-state index contributed by atoms with van der Waals surface area (Å²) in [6, 6.07) is 6.40. The molecule has 0 aromatic heterocycles. The van der Waals surface area contributed by atoms with Crippen LogP contribution in [-0.2, 0) is 12.8 Å². The molecule has 0 saturated carbocycles. The SMILES string of the molecule is C=CCc1cccc(C)c1CC=C.N.N. The van der Waals surface area contributed by atoms with Gasteiger partial charge in [0.2, 0.25) is 0 Å². The van der Waals surface area contributed by atoms with Crippen LogP contribution in [0.2, 0.25) is 0 Å². The molecule has 0 saturated heterocycles. The third-order valence-corrected chi connectivity index (χ3v) is 2.22. The molecule has 2 nitrogen and oxygen atoms in total. The molecule has 0 fully saturated rings. The van der Waals surface area contributed by atoms with E-state index in [0.717, 1.165) is 12.8 Å². The lowest BCUT2D eigenvalue weighted by atomic mass is 9.97. The van der Waals surface area contributed by atoms with E-state index in [-0.39, 0.29) is 12.3 Å². The van der Waals surface area contributed by atoms with E-state index in [1.54, 1.807) is 0 Å². The Morgan fingerprint density at radius 2 is 1.67 bits per heavy atom. The lowest BCUT2D eigenvalue weighted by molar-refractivity contribution is 1.12. The minimum Gasteiger partial charge on any atom is -0.344 e. The summed E-state index contributed by atoms with van der Waals surface area (Å²) in [7, 11) is 0. The van der Waals surface area contributed by atoms with Crippen LogP contribution in [0.15, 0.2) is 43.5 Å². The Morgan fingerprint density at radius 1 is 1.07 bits per heavy atom. The summed E-state index contributed by atoms with van der Waals surface area (Å²) in [5, 5.41) is 0. The van der Waals surface area contributed by atoms with Gasteiger partial charge in [-0.1, -0.05) is 30.4 Å². The molecule has 1 aromatic carbocycles. The first-order chi connectivity index (χ1) is 6.29. The molecule has 0 spiro atoms. The highest BCUT2D eigenvalue weighted by atomic mass is 14.1. The summed E-state index contributed by atoms with van der Waals surface area (Å²) in [6.07, 6.45) is 5.80. The highest BCUT2D eigenvalue weighted by molar-refractivity contribution is 5.36. The van der Waals surface area contributed by atoms with Crippen molar-refractivity contribution in [2.45, 2.75) is 19.8 Å². The predicted octanol–water partition coefficient (Wildman–Crippen LogP) is 3.78. The van der Waals surface area contributed by atoms with Crippen molar-refractivity contribution in [3.8, 4) is 0 Å². The first-order valence-electron chi connectivity index (χ1n) is 4.58. The fourth-order valence-corrected chi connectivity index (χ4v) is 1.55. The Balaban J connectivity index is 0. The Kier molecular flexibility index (Phi) is 8.54. The lowest BCUT2D eigenvalue weighted by Gasteiger charge is -2.08. The molecule has 6 N–H and O–H groups in total. The minimum atomic E-state index is 0. The van der Waals surface area contributed by atoms with Gasteiger partial charge in [-0.2, -0.15) is 0 Å². The maximum Gasteiger partial charge on any atom is -0.00947 e. The van der Waals surface area contributed by atoms with Gasteiger partial charge in [0.25, 0.3) is 0 Å². The molecule has 84 valence electrons. The molecule has 0 unspecified atom stereocenters. The van der Waals surface area contributed by atoms with Crippen molar-refractivity contribution in [2.75, 3.05) is 0 Å². The third kappa shape index (κ3) is 4.11. The van der Waals surface area contributed by atoms with Gasteiger partial charge in [-0.05, 0) is 36.5 Å². The van der Waals surface area contributed by atoms with Gasteiger partial charge in [0.15, 0.2) is 0 Å². The molecule has 0 atom stereocenters. The van der Waals surface area contributed by atoms with Gasteiger partial charge in [-0.15, -0.1) is 13.2 Å². The Hall–Kier alpha value is -1.38. The Morgan fingerprint density at radius 3 is 2.20 bits per heavy atom. The zero-order valence-corrected chi connectivity index (χ0v) is 9.63. The van der Waals surface area contributed by atoms with Gasteiger partial charge in [-0.3, -0.25) is 0 Å². The van der Waals surface area contributed by atoms with Gasteiger partial charge < -0.3 is 12.3 Å². The molecule has 15 heavy (non-hydrogen) atoms. The Bertz CT molecular complexity index is 316. The second-order valence-electron chi connectivity index (χ2n) is 3.20. The summed E-state index contributed by atoms with van der Waals surface area (Å²) < 4.78 is 0. The van der Waals surface area contributed by atoms with Crippen LogP contribution in [0.25, 0.3) is 0 Å². The van der Waals surface area contributed by atoms with Gasteiger partial charge in [0.05, 0.1) is 0 Å². The van der Waals surface area contributed by atoms with Gasteiger partial charge >= 0.3 is 0 Å². The number of hydrogen-bond acceptors (Lipinski definition) is 2. The van der Waals surface area contributed by atoms with E-state index in [9.17, 15) is 0 Å². The smallest absolute Gasteiger partial charge is 0.00947 e. The maximum atomic E-state index is 3.77. The van der Waals surface area contributed by atoms with Crippen molar-refractivity contribution < 1.29 is 0 Å². The van der Waals surface area contributed by atoms with E-state index in [1.807, 2.05) is 12.2 Å². The molecule has 0 aliphatic rings. The van der Waals surface area contributed by atoms with E-state index in [0.29, 0.717) is 0 Å². The van der Waals surface area contributed by atoms with Crippen molar-refractivity contribution in [2.24, 2.45) is 0 Å². The number of benzene rings is 1. The van der Waals surface area contributed by atoms with Gasteiger partial charge in [0.1, 0.15) is 0 Å². The maximum absolute atomic E-state index is 3.77. The molecule has 0 amide bonds. The van der Waals surface area contributed by atoms with Crippen LogP contribution in [0.3, 0.4) is 0 Å². The molecule has 1 rings (SSSR count). The van der Waals surface area contributed by atoms with E-state index in [1.165, 1.54) is 16.7 Å². The minimum absolute atomic E-state index is 0. The fourth-order valence-electron chi connectivity index (χ4n) is 1.55. The number of aryl methyl sites for hydroxylation is 1. The van der Waals surface area contributed by atoms with E-state index in [2.05, 4.69) is 38.3 Å². The molecule has 0 bridgehead atoms. The molecular formula is C13H22N2. The topological polar surface area (TPSA) is 70.0 Å².